The Bertz CT molecular complexity index is 903. The van der Waals surface area contributed by atoms with Crippen molar-refractivity contribution in [2.45, 2.75) is 56.5 Å². The molecule has 2 aromatic rings. The molecule has 2 saturated heterocycles. The van der Waals surface area contributed by atoms with E-state index in [2.05, 4.69) is 56.4 Å². The Morgan fingerprint density at radius 3 is 3.10 bits per heavy atom. The van der Waals surface area contributed by atoms with E-state index in [0.29, 0.717) is 24.5 Å². The van der Waals surface area contributed by atoms with E-state index < -0.39 is 0 Å². The van der Waals surface area contributed by atoms with E-state index >= 15 is 0 Å². The number of likely N-dealkylation sites (tertiary alicyclic amines) is 1. The maximum Gasteiger partial charge on any atom is 0.323 e. The van der Waals surface area contributed by atoms with Crippen molar-refractivity contribution in [3.63, 3.8) is 0 Å². The number of nitrogens with one attached hydrogen (secondary N) is 2. The summed E-state index contributed by atoms with van der Waals surface area (Å²) in [6.45, 7) is 2.44. The Morgan fingerprint density at radius 2 is 2.21 bits per heavy atom. The van der Waals surface area contributed by atoms with Gasteiger partial charge in [-0.3, -0.25) is 4.79 Å². The normalized spacial score (nSPS) is 30.0. The SMILES string of the molecule is CN1C[C@H](COC(=O)[C@H]2CCCCCN2)C[C@@H]2c3cccc4[nH]c(Br)c(c34)C[C@H]21. The van der Waals surface area contributed by atoms with E-state index in [-0.39, 0.29) is 12.0 Å². The van der Waals surface area contributed by atoms with Crippen molar-refractivity contribution in [3.05, 3.63) is 33.9 Å². The molecular weight excluding hydrogens is 430 g/mol. The third-order valence-corrected chi connectivity index (χ3v) is 7.87. The molecule has 2 N–H and O–H groups in total. The van der Waals surface area contributed by atoms with Crippen LogP contribution in [0, 0.1) is 5.92 Å². The Kier molecular flexibility index (Phi) is 5.43. The molecule has 5 nitrogen and oxygen atoms in total. The highest BCUT2D eigenvalue weighted by atomic mass is 79.9. The lowest BCUT2D eigenvalue weighted by atomic mass is 9.72. The van der Waals surface area contributed by atoms with Gasteiger partial charge in [0.2, 0.25) is 0 Å². The molecule has 3 aliphatic rings. The van der Waals surface area contributed by atoms with Gasteiger partial charge in [0.1, 0.15) is 6.04 Å². The van der Waals surface area contributed by atoms with Gasteiger partial charge in [-0.1, -0.05) is 25.0 Å². The van der Waals surface area contributed by atoms with Gasteiger partial charge in [0.05, 0.1) is 11.2 Å². The fourth-order valence-corrected chi connectivity index (χ4v) is 6.32. The van der Waals surface area contributed by atoms with Gasteiger partial charge in [0.25, 0.3) is 0 Å². The predicted octanol–water partition coefficient (Wildman–Crippen LogP) is 3.97. The van der Waals surface area contributed by atoms with E-state index in [4.69, 9.17) is 4.74 Å². The molecule has 4 atom stereocenters. The summed E-state index contributed by atoms with van der Waals surface area (Å²) in [6.07, 6.45) is 6.53. The van der Waals surface area contributed by atoms with Gasteiger partial charge < -0.3 is 19.9 Å². The fourth-order valence-electron chi connectivity index (χ4n) is 5.75. The maximum atomic E-state index is 12.6. The second-order valence-electron chi connectivity index (χ2n) is 9.09. The largest absolute Gasteiger partial charge is 0.464 e. The van der Waals surface area contributed by atoms with E-state index in [1.54, 1.807) is 0 Å². The predicted molar refractivity (Wildman–Crippen MR) is 118 cm³/mol. The van der Waals surface area contributed by atoms with Crippen LogP contribution in [0.2, 0.25) is 0 Å². The number of fused-ring (bicyclic) bond motifs is 2. The summed E-state index contributed by atoms with van der Waals surface area (Å²) in [6, 6.07) is 7.01. The van der Waals surface area contributed by atoms with Gasteiger partial charge in [-0.05, 0) is 72.4 Å². The van der Waals surface area contributed by atoms with Crippen LogP contribution in [0.4, 0.5) is 0 Å². The van der Waals surface area contributed by atoms with Gasteiger partial charge >= 0.3 is 5.97 Å². The summed E-state index contributed by atoms with van der Waals surface area (Å²) in [5, 5.41) is 4.75. The summed E-state index contributed by atoms with van der Waals surface area (Å²) in [5.41, 5.74) is 4.08. The van der Waals surface area contributed by atoms with Crippen LogP contribution < -0.4 is 5.32 Å². The number of aromatic amines is 1. The summed E-state index contributed by atoms with van der Waals surface area (Å²) in [7, 11) is 2.23. The summed E-state index contributed by atoms with van der Waals surface area (Å²) in [5.74, 6) is 0.821. The van der Waals surface area contributed by atoms with Crippen molar-refractivity contribution in [1.29, 1.82) is 0 Å². The Morgan fingerprint density at radius 1 is 1.31 bits per heavy atom. The molecule has 2 aliphatic heterocycles. The Hall–Kier alpha value is -1.37. The summed E-state index contributed by atoms with van der Waals surface area (Å²) >= 11 is 3.73. The number of carbonyl (C=O) groups excluding carboxylic acids is 1. The van der Waals surface area contributed by atoms with Crippen molar-refractivity contribution in [2.75, 3.05) is 26.7 Å². The van der Waals surface area contributed by atoms with Crippen molar-refractivity contribution in [3.8, 4) is 0 Å². The Labute approximate surface area is 180 Å². The molecule has 0 unspecified atom stereocenters. The zero-order valence-electron chi connectivity index (χ0n) is 17.0. The minimum Gasteiger partial charge on any atom is -0.464 e. The number of nitrogens with zero attached hydrogens (tertiary/aromatic N) is 1. The average molecular weight is 460 g/mol. The quantitative estimate of drug-likeness (QED) is 0.681. The van der Waals surface area contributed by atoms with Crippen LogP contribution in [0.3, 0.4) is 0 Å². The molecule has 5 rings (SSSR count). The zero-order chi connectivity index (χ0) is 20.0. The molecule has 6 heteroatoms. The number of likely N-dealkylation sites (N-methyl/N-ethyl adjacent to an activating group) is 1. The number of halogens is 1. The van der Waals surface area contributed by atoms with Crippen molar-refractivity contribution in [2.24, 2.45) is 5.92 Å². The number of H-pyrrole nitrogens is 1. The first-order chi connectivity index (χ1) is 14.1. The van der Waals surface area contributed by atoms with E-state index in [1.807, 2.05) is 0 Å². The highest BCUT2D eigenvalue weighted by Gasteiger charge is 2.40. The number of benzene rings is 1. The van der Waals surface area contributed by atoms with Crippen molar-refractivity contribution in [1.82, 2.24) is 15.2 Å². The first kappa shape index (κ1) is 19.6. The molecule has 0 radical (unpaired) electrons. The number of piperidine rings is 1. The second kappa shape index (κ2) is 8.05. The van der Waals surface area contributed by atoms with Crippen LogP contribution in [-0.2, 0) is 16.0 Å². The smallest absolute Gasteiger partial charge is 0.323 e. The van der Waals surface area contributed by atoms with Crippen molar-refractivity contribution >= 4 is 32.8 Å². The van der Waals surface area contributed by atoms with Gasteiger partial charge in [0.15, 0.2) is 0 Å². The highest BCUT2D eigenvalue weighted by Crippen LogP contribution is 2.46. The van der Waals surface area contributed by atoms with Crippen LogP contribution in [0.1, 0.15) is 49.1 Å². The number of hydrogen-bond donors (Lipinski definition) is 2. The minimum absolute atomic E-state index is 0.0562. The molecule has 156 valence electrons. The molecule has 1 aliphatic carbocycles. The molecule has 0 saturated carbocycles. The lowest BCUT2D eigenvalue weighted by Crippen LogP contribution is -2.49. The topological polar surface area (TPSA) is 57.4 Å². The average Bonchev–Trinajstić information content (AvgIpc) is 2.89. The molecule has 0 spiro atoms. The van der Waals surface area contributed by atoms with Crippen LogP contribution in [0.25, 0.3) is 10.9 Å². The number of hydrogen-bond acceptors (Lipinski definition) is 4. The van der Waals surface area contributed by atoms with Crippen LogP contribution in [0.5, 0.6) is 0 Å². The third-order valence-electron chi connectivity index (χ3n) is 7.19. The summed E-state index contributed by atoms with van der Waals surface area (Å²) in [4.78, 5) is 18.6. The number of esters is 1. The molecule has 2 fully saturated rings. The number of rotatable bonds is 3. The van der Waals surface area contributed by atoms with Crippen LogP contribution in [-0.4, -0.2) is 54.7 Å². The summed E-state index contributed by atoms with van der Waals surface area (Å²) < 4.78 is 6.93. The van der Waals surface area contributed by atoms with E-state index in [0.717, 1.165) is 49.8 Å². The third kappa shape index (κ3) is 3.64. The first-order valence-electron chi connectivity index (χ1n) is 11.0. The van der Waals surface area contributed by atoms with Gasteiger partial charge in [-0.15, -0.1) is 0 Å². The van der Waals surface area contributed by atoms with E-state index in [9.17, 15) is 4.79 Å². The van der Waals surface area contributed by atoms with Crippen molar-refractivity contribution < 1.29 is 9.53 Å². The molecule has 0 bridgehead atoms. The molecule has 3 heterocycles. The zero-order valence-corrected chi connectivity index (χ0v) is 18.6. The minimum atomic E-state index is -0.116. The van der Waals surface area contributed by atoms with Gasteiger partial charge in [-0.2, -0.15) is 0 Å². The number of ether oxygens (including phenoxy) is 1. The lowest BCUT2D eigenvalue weighted by molar-refractivity contribution is -0.148. The van der Waals surface area contributed by atoms with Crippen LogP contribution >= 0.6 is 15.9 Å². The first-order valence-corrected chi connectivity index (χ1v) is 11.8. The monoisotopic (exact) mass is 459 g/mol. The second-order valence-corrected chi connectivity index (χ2v) is 9.89. The number of aromatic nitrogens is 1. The van der Waals surface area contributed by atoms with Gasteiger partial charge in [0, 0.05) is 35.3 Å². The highest BCUT2D eigenvalue weighted by molar-refractivity contribution is 9.10. The maximum absolute atomic E-state index is 12.6. The molecule has 1 aromatic heterocycles. The molecule has 0 amide bonds. The molecule has 1 aromatic carbocycles. The number of carbonyl (C=O) groups is 1. The van der Waals surface area contributed by atoms with Crippen LogP contribution in [0.15, 0.2) is 22.8 Å². The Balaban J connectivity index is 1.31. The standard InChI is InChI=1S/C23H30BrN3O2/c1-27-12-14(13-29-23(28)19-7-3-2-4-9-25-19)10-16-15-6-5-8-18-21(15)17(11-20(16)27)22(24)26-18/h5-6,8,14,16,19-20,25-26H,2-4,7,9-13H2,1H3/t14-,16-,19-,20-/m1/s1. The molecular formula is C23H30BrN3O2. The van der Waals surface area contributed by atoms with E-state index in [1.165, 1.54) is 28.5 Å². The van der Waals surface area contributed by atoms with Gasteiger partial charge in [-0.25, -0.2) is 0 Å². The lowest BCUT2D eigenvalue weighted by Gasteiger charge is -2.45. The fraction of sp³-hybridized carbons (Fsp3) is 0.609. The molecule has 29 heavy (non-hydrogen) atoms.